The summed E-state index contributed by atoms with van der Waals surface area (Å²) < 4.78 is 0. The predicted molar refractivity (Wildman–Crippen MR) is 98.2 cm³/mol. The van der Waals surface area contributed by atoms with Crippen LogP contribution < -0.4 is 5.73 Å². The highest BCUT2D eigenvalue weighted by Crippen LogP contribution is 2.14. The van der Waals surface area contributed by atoms with Gasteiger partial charge in [0.1, 0.15) is 0 Å². The lowest BCUT2D eigenvalue weighted by molar-refractivity contribution is 0.226. The lowest BCUT2D eigenvalue weighted by Crippen LogP contribution is -2.31. The van der Waals surface area contributed by atoms with E-state index in [9.17, 15) is 5.26 Å². The van der Waals surface area contributed by atoms with Crippen molar-refractivity contribution in [1.82, 2.24) is 9.80 Å². The average molecular weight is 322 g/mol. The molecule has 0 aliphatic carbocycles. The Bertz CT molecular complexity index is 688. The molecule has 4 nitrogen and oxygen atoms in total. The van der Waals surface area contributed by atoms with E-state index in [1.807, 2.05) is 24.3 Å². The molecular formula is C20H26N4. The summed E-state index contributed by atoms with van der Waals surface area (Å²) in [5.41, 5.74) is 9.99. The highest BCUT2D eigenvalue weighted by Gasteiger charge is 2.10. The summed E-state index contributed by atoms with van der Waals surface area (Å²) in [5, 5.41) is 9.32. The Morgan fingerprint density at radius 2 is 1.71 bits per heavy atom. The third kappa shape index (κ3) is 5.47. The summed E-state index contributed by atoms with van der Waals surface area (Å²) in [7, 11) is 4.16. The van der Waals surface area contributed by atoms with Gasteiger partial charge in [0.2, 0.25) is 0 Å². The summed E-state index contributed by atoms with van der Waals surface area (Å²) >= 11 is 0. The first-order chi connectivity index (χ1) is 11.6. The van der Waals surface area contributed by atoms with E-state index >= 15 is 0 Å². The van der Waals surface area contributed by atoms with Crippen molar-refractivity contribution in [3.63, 3.8) is 0 Å². The van der Waals surface area contributed by atoms with E-state index in [2.05, 4.69) is 54.2 Å². The average Bonchev–Trinajstić information content (AvgIpc) is 2.60. The smallest absolute Gasteiger partial charge is 0.0995 e. The first kappa shape index (κ1) is 18.2. The van der Waals surface area contributed by atoms with Crippen LogP contribution in [0.15, 0.2) is 48.5 Å². The molecule has 0 saturated heterocycles. The van der Waals surface area contributed by atoms with Crippen molar-refractivity contribution in [2.75, 3.05) is 27.2 Å². The summed E-state index contributed by atoms with van der Waals surface area (Å²) in [6, 6.07) is 18.5. The fourth-order valence-electron chi connectivity index (χ4n) is 2.68. The zero-order chi connectivity index (χ0) is 17.4. The normalized spacial score (nSPS) is 11.0. The van der Waals surface area contributed by atoms with Crippen LogP contribution in [0.1, 0.15) is 22.3 Å². The number of hydrogen-bond donors (Lipinski definition) is 1. The minimum atomic E-state index is 0.558. The van der Waals surface area contributed by atoms with Crippen LogP contribution in [-0.4, -0.2) is 37.0 Å². The van der Waals surface area contributed by atoms with Crippen molar-refractivity contribution in [1.29, 1.82) is 5.26 Å². The molecule has 0 saturated carbocycles. The van der Waals surface area contributed by atoms with E-state index in [4.69, 9.17) is 5.73 Å². The van der Waals surface area contributed by atoms with Crippen molar-refractivity contribution < 1.29 is 0 Å². The van der Waals surface area contributed by atoms with Gasteiger partial charge < -0.3 is 10.6 Å². The van der Waals surface area contributed by atoms with Gasteiger partial charge in [-0.1, -0.05) is 42.5 Å². The van der Waals surface area contributed by atoms with Gasteiger partial charge in [0, 0.05) is 32.7 Å². The van der Waals surface area contributed by atoms with Crippen LogP contribution in [0, 0.1) is 11.3 Å². The molecule has 2 aromatic rings. The van der Waals surface area contributed by atoms with Gasteiger partial charge in [-0.15, -0.1) is 0 Å². The van der Waals surface area contributed by atoms with Crippen LogP contribution in [0.5, 0.6) is 0 Å². The van der Waals surface area contributed by atoms with Crippen molar-refractivity contribution >= 4 is 0 Å². The maximum Gasteiger partial charge on any atom is 0.0995 e. The molecule has 2 N–H and O–H groups in total. The molecule has 0 aliphatic heterocycles. The van der Waals surface area contributed by atoms with Crippen molar-refractivity contribution in [2.24, 2.45) is 5.73 Å². The Morgan fingerprint density at radius 1 is 0.958 bits per heavy atom. The van der Waals surface area contributed by atoms with Crippen LogP contribution in [0.3, 0.4) is 0 Å². The number of nitrogens with two attached hydrogens (primary N) is 1. The van der Waals surface area contributed by atoms with Crippen LogP contribution in [0.2, 0.25) is 0 Å². The number of benzene rings is 2. The highest BCUT2D eigenvalue weighted by atomic mass is 15.2. The second kappa shape index (κ2) is 9.19. The minimum Gasteiger partial charge on any atom is -0.326 e. The van der Waals surface area contributed by atoms with Crippen molar-refractivity contribution in [3.05, 3.63) is 70.8 Å². The lowest BCUT2D eigenvalue weighted by atomic mass is 10.1. The molecule has 0 aromatic heterocycles. The standard InChI is InChI=1S/C20H26N4/c1-23(2)10-11-24(15-18-7-5-6-17(12-18)13-21)16-20-9-4-3-8-19(20)14-22/h3-9,12H,10-11,13,15-16,21H2,1-2H3. The SMILES string of the molecule is CN(C)CCN(Cc1cccc(CN)c1)Cc1ccccc1C#N. The maximum absolute atomic E-state index is 9.32. The quantitative estimate of drug-likeness (QED) is 0.811. The number of likely N-dealkylation sites (N-methyl/N-ethyl adjacent to an activating group) is 1. The van der Waals surface area contributed by atoms with Gasteiger partial charge in [-0.25, -0.2) is 0 Å². The molecule has 0 amide bonds. The molecular weight excluding hydrogens is 296 g/mol. The van der Waals surface area contributed by atoms with Gasteiger partial charge in [0.25, 0.3) is 0 Å². The summed E-state index contributed by atoms with van der Waals surface area (Å²) in [4.78, 5) is 4.56. The van der Waals surface area contributed by atoms with Gasteiger partial charge in [-0.05, 0) is 36.9 Å². The van der Waals surface area contributed by atoms with E-state index in [-0.39, 0.29) is 0 Å². The van der Waals surface area contributed by atoms with E-state index in [1.54, 1.807) is 0 Å². The molecule has 2 rings (SSSR count). The molecule has 0 aliphatic rings. The van der Waals surface area contributed by atoms with Gasteiger partial charge in [-0.3, -0.25) is 4.90 Å². The number of nitriles is 1. The molecule has 0 bridgehead atoms. The Morgan fingerprint density at radius 3 is 2.42 bits per heavy atom. The highest BCUT2D eigenvalue weighted by molar-refractivity contribution is 5.37. The van der Waals surface area contributed by atoms with E-state index < -0.39 is 0 Å². The van der Waals surface area contributed by atoms with Crippen molar-refractivity contribution in [3.8, 4) is 6.07 Å². The number of hydrogen-bond acceptors (Lipinski definition) is 4. The third-order valence-electron chi connectivity index (χ3n) is 4.03. The molecule has 126 valence electrons. The lowest BCUT2D eigenvalue weighted by Gasteiger charge is -2.25. The first-order valence-corrected chi connectivity index (χ1v) is 8.25. The zero-order valence-corrected chi connectivity index (χ0v) is 14.6. The fourth-order valence-corrected chi connectivity index (χ4v) is 2.68. The van der Waals surface area contributed by atoms with E-state index in [0.717, 1.165) is 42.9 Å². The Labute approximate surface area is 145 Å². The first-order valence-electron chi connectivity index (χ1n) is 8.25. The Kier molecular flexibility index (Phi) is 6.95. The van der Waals surface area contributed by atoms with Gasteiger partial charge in [0.15, 0.2) is 0 Å². The van der Waals surface area contributed by atoms with Gasteiger partial charge in [-0.2, -0.15) is 5.26 Å². The second-order valence-corrected chi connectivity index (χ2v) is 6.31. The fraction of sp³-hybridized carbons (Fsp3) is 0.350. The maximum atomic E-state index is 9.32. The van der Waals surface area contributed by atoms with Gasteiger partial charge in [0.05, 0.1) is 11.6 Å². The second-order valence-electron chi connectivity index (χ2n) is 6.31. The molecule has 2 aromatic carbocycles. The van der Waals surface area contributed by atoms with Crippen LogP contribution in [-0.2, 0) is 19.6 Å². The largest absolute Gasteiger partial charge is 0.326 e. The van der Waals surface area contributed by atoms with E-state index in [0.29, 0.717) is 6.54 Å². The van der Waals surface area contributed by atoms with Gasteiger partial charge >= 0.3 is 0 Å². The predicted octanol–water partition coefficient (Wildman–Crippen LogP) is 2.58. The zero-order valence-electron chi connectivity index (χ0n) is 14.6. The van der Waals surface area contributed by atoms with Crippen molar-refractivity contribution in [2.45, 2.75) is 19.6 Å². The summed E-state index contributed by atoms with van der Waals surface area (Å²) in [5.74, 6) is 0. The topological polar surface area (TPSA) is 56.3 Å². The Balaban J connectivity index is 2.16. The summed E-state index contributed by atoms with van der Waals surface area (Å²) in [6.07, 6.45) is 0. The summed E-state index contributed by atoms with van der Waals surface area (Å²) in [6.45, 7) is 4.10. The Hall–Kier alpha value is -2.19. The monoisotopic (exact) mass is 322 g/mol. The third-order valence-corrected chi connectivity index (χ3v) is 4.03. The molecule has 0 unspecified atom stereocenters. The molecule has 4 heteroatoms. The van der Waals surface area contributed by atoms with Crippen LogP contribution >= 0.6 is 0 Å². The van der Waals surface area contributed by atoms with Crippen LogP contribution in [0.25, 0.3) is 0 Å². The van der Waals surface area contributed by atoms with E-state index in [1.165, 1.54) is 5.56 Å². The molecule has 0 atom stereocenters. The minimum absolute atomic E-state index is 0.558. The molecule has 0 fully saturated rings. The number of nitrogens with zero attached hydrogens (tertiary/aromatic N) is 3. The van der Waals surface area contributed by atoms with Crippen LogP contribution in [0.4, 0.5) is 0 Å². The number of rotatable bonds is 8. The molecule has 24 heavy (non-hydrogen) atoms. The molecule has 0 radical (unpaired) electrons. The molecule has 0 heterocycles. The molecule has 0 spiro atoms.